The first-order valence-corrected chi connectivity index (χ1v) is 10.5. The van der Waals surface area contributed by atoms with Crippen molar-refractivity contribution >= 4 is 17.7 Å². The summed E-state index contributed by atoms with van der Waals surface area (Å²) in [5, 5.41) is 14.4. The van der Waals surface area contributed by atoms with Crippen LogP contribution in [0, 0.1) is 17.3 Å². The molecule has 35 heavy (non-hydrogen) atoms. The molecule has 1 fully saturated rings. The molecule has 0 aromatic heterocycles. The van der Waals surface area contributed by atoms with Crippen molar-refractivity contribution in [1.82, 2.24) is 10.6 Å². The van der Waals surface area contributed by atoms with Crippen LogP contribution in [0.25, 0.3) is 6.08 Å². The summed E-state index contributed by atoms with van der Waals surface area (Å²) in [7, 11) is 0. The fourth-order valence-electron chi connectivity index (χ4n) is 2.88. The topological polar surface area (TPSA) is 48.8 Å². The van der Waals surface area contributed by atoms with Crippen molar-refractivity contribution in [2.45, 2.75) is 26.2 Å². The van der Waals surface area contributed by atoms with E-state index in [-0.39, 0.29) is 11.1 Å². The van der Waals surface area contributed by atoms with Crippen LogP contribution < -0.4 is 10.6 Å². The molecule has 10 heteroatoms. The molecular formula is C25H22F6N4. The van der Waals surface area contributed by atoms with Crippen molar-refractivity contribution in [3.8, 4) is 11.8 Å². The van der Waals surface area contributed by atoms with Gasteiger partial charge in [0.2, 0.25) is 5.96 Å². The summed E-state index contributed by atoms with van der Waals surface area (Å²) >= 11 is 0. The van der Waals surface area contributed by atoms with Crippen molar-refractivity contribution in [2.75, 3.05) is 13.1 Å². The minimum atomic E-state index is -4.45. The molecule has 1 aliphatic rings. The quantitative estimate of drug-likeness (QED) is 0.249. The molecule has 0 atom stereocenters. The number of alkyl halides is 6. The summed E-state index contributed by atoms with van der Waals surface area (Å²) < 4.78 is 76.6. The largest absolute Gasteiger partial charge is 0.416 e. The average molecular weight is 492 g/mol. The van der Waals surface area contributed by atoms with Crippen molar-refractivity contribution < 1.29 is 26.3 Å². The lowest BCUT2D eigenvalue weighted by Gasteiger charge is -2.31. The van der Waals surface area contributed by atoms with Gasteiger partial charge in [0.05, 0.1) is 11.1 Å². The van der Waals surface area contributed by atoms with E-state index in [0.29, 0.717) is 30.2 Å². The van der Waals surface area contributed by atoms with Gasteiger partial charge in [-0.15, -0.1) is 10.2 Å². The highest BCUT2D eigenvalue weighted by Gasteiger charge is 2.30. The molecular weight excluding hydrogens is 470 g/mol. The fraction of sp³-hybridized carbons (Fsp3) is 0.280. The number of benzene rings is 2. The van der Waals surface area contributed by atoms with Crippen LogP contribution >= 0.6 is 0 Å². The van der Waals surface area contributed by atoms with Crippen LogP contribution in [0.3, 0.4) is 0 Å². The summed E-state index contributed by atoms with van der Waals surface area (Å²) in [6.45, 7) is 5.48. The third-order valence-electron chi connectivity index (χ3n) is 4.95. The van der Waals surface area contributed by atoms with E-state index in [0.717, 1.165) is 24.3 Å². The first kappa shape index (κ1) is 25.9. The van der Waals surface area contributed by atoms with Gasteiger partial charge in [-0.1, -0.05) is 38.0 Å². The monoisotopic (exact) mass is 492 g/mol. The molecule has 0 amide bonds. The van der Waals surface area contributed by atoms with Crippen LogP contribution in [0.15, 0.2) is 64.8 Å². The Kier molecular flexibility index (Phi) is 7.58. The molecule has 4 nitrogen and oxygen atoms in total. The van der Waals surface area contributed by atoms with Gasteiger partial charge in [-0.2, -0.15) is 26.3 Å². The molecule has 1 heterocycles. The van der Waals surface area contributed by atoms with Gasteiger partial charge >= 0.3 is 12.4 Å². The molecule has 0 unspecified atom stereocenters. The lowest BCUT2D eigenvalue weighted by atomic mass is 9.92. The number of guanidine groups is 1. The first-order chi connectivity index (χ1) is 16.3. The van der Waals surface area contributed by atoms with Crippen LogP contribution in [0.2, 0.25) is 0 Å². The molecule has 3 rings (SSSR count). The van der Waals surface area contributed by atoms with E-state index in [1.807, 2.05) is 0 Å². The first-order valence-electron chi connectivity index (χ1n) is 10.5. The van der Waals surface area contributed by atoms with Crippen LogP contribution in [0.1, 0.15) is 36.1 Å². The number of nitrogens with zero attached hydrogens (tertiary/aromatic N) is 2. The van der Waals surface area contributed by atoms with Crippen molar-refractivity contribution in [3.63, 3.8) is 0 Å². The van der Waals surface area contributed by atoms with Crippen LogP contribution in [0.4, 0.5) is 26.3 Å². The maximum absolute atomic E-state index is 12.8. The maximum atomic E-state index is 12.8. The van der Waals surface area contributed by atoms with Gasteiger partial charge in [-0.05, 0) is 59.4 Å². The maximum Gasteiger partial charge on any atom is 0.416 e. The minimum absolute atomic E-state index is 0.0242. The van der Waals surface area contributed by atoms with Gasteiger partial charge in [-0.25, -0.2) is 0 Å². The summed E-state index contributed by atoms with van der Waals surface area (Å²) in [5.74, 6) is 5.91. The number of nitrogens with one attached hydrogen (secondary N) is 2. The molecule has 1 saturated heterocycles. The summed E-state index contributed by atoms with van der Waals surface area (Å²) in [6.07, 6.45) is -5.90. The predicted molar refractivity (Wildman–Crippen MR) is 123 cm³/mol. The van der Waals surface area contributed by atoms with Crippen molar-refractivity contribution in [2.24, 2.45) is 15.6 Å². The second kappa shape index (κ2) is 10.3. The predicted octanol–water partition coefficient (Wildman–Crippen LogP) is 5.72. The van der Waals surface area contributed by atoms with E-state index in [1.165, 1.54) is 36.4 Å². The molecule has 2 N–H and O–H groups in total. The second-order valence-electron chi connectivity index (χ2n) is 8.58. The van der Waals surface area contributed by atoms with Crippen molar-refractivity contribution in [1.29, 1.82) is 0 Å². The lowest BCUT2D eigenvalue weighted by Crippen LogP contribution is -2.53. The van der Waals surface area contributed by atoms with E-state index < -0.39 is 23.5 Å². The van der Waals surface area contributed by atoms with Crippen LogP contribution in [0.5, 0.6) is 0 Å². The second-order valence-corrected chi connectivity index (χ2v) is 8.58. The fourth-order valence-corrected chi connectivity index (χ4v) is 2.88. The van der Waals surface area contributed by atoms with Gasteiger partial charge in [-0.3, -0.25) is 0 Å². The Morgan fingerprint density at radius 3 is 1.89 bits per heavy atom. The van der Waals surface area contributed by atoms with Gasteiger partial charge in [0.15, 0.2) is 0 Å². The third kappa shape index (κ3) is 7.91. The Bertz CT molecular complexity index is 1160. The van der Waals surface area contributed by atoms with Crippen molar-refractivity contribution in [3.05, 3.63) is 76.9 Å². The normalized spacial score (nSPS) is 16.2. The Morgan fingerprint density at radius 2 is 1.37 bits per heavy atom. The van der Waals surface area contributed by atoms with Crippen LogP contribution in [-0.4, -0.2) is 24.8 Å². The molecule has 0 radical (unpaired) electrons. The number of allylic oxidation sites excluding steroid dienone is 1. The molecule has 0 bridgehead atoms. The minimum Gasteiger partial charge on any atom is -0.354 e. The van der Waals surface area contributed by atoms with E-state index in [1.54, 1.807) is 0 Å². The smallest absolute Gasteiger partial charge is 0.354 e. The van der Waals surface area contributed by atoms with Crippen LogP contribution in [-0.2, 0) is 12.4 Å². The molecule has 1 aliphatic heterocycles. The molecule has 0 saturated carbocycles. The van der Waals surface area contributed by atoms with E-state index in [9.17, 15) is 26.3 Å². The van der Waals surface area contributed by atoms with Gasteiger partial charge < -0.3 is 10.6 Å². The highest BCUT2D eigenvalue weighted by molar-refractivity contribution is 6.11. The zero-order chi connectivity index (χ0) is 25.7. The SMILES string of the molecule is CC1(C)CNC(=NN=C(C#Cc2ccc(C(F)(F)F)cc2)C=Cc2ccc(C(F)(F)F)cc2)NC1. The highest BCUT2D eigenvalue weighted by atomic mass is 19.4. The zero-order valence-corrected chi connectivity index (χ0v) is 18.8. The number of rotatable bonds is 3. The molecule has 2 aromatic rings. The number of halogens is 6. The number of hydrogen-bond donors (Lipinski definition) is 2. The summed E-state index contributed by atoms with van der Waals surface area (Å²) in [4.78, 5) is 0. The molecule has 2 aromatic carbocycles. The Labute approximate surface area is 198 Å². The molecule has 0 aliphatic carbocycles. The van der Waals surface area contributed by atoms with E-state index in [2.05, 4.69) is 46.5 Å². The number of hydrogen-bond acceptors (Lipinski definition) is 2. The third-order valence-corrected chi connectivity index (χ3v) is 4.95. The molecule has 184 valence electrons. The standard InChI is InChI=1S/C25H22F6N4/c1-23(2)15-32-22(33-16-23)35-34-21(13-7-17-3-9-19(10-4-17)24(26,27)28)14-8-18-5-11-20(12-6-18)25(29,30)31/h3-7,9-13H,15-16H2,1-2H3,(H2,32,33,35). The lowest BCUT2D eigenvalue weighted by molar-refractivity contribution is -0.138. The Hall–Kier alpha value is -3.74. The highest BCUT2D eigenvalue weighted by Crippen LogP contribution is 2.30. The van der Waals surface area contributed by atoms with Gasteiger partial charge in [0.1, 0.15) is 5.71 Å². The summed E-state index contributed by atoms with van der Waals surface area (Å²) in [6, 6.07) is 8.87. The zero-order valence-electron chi connectivity index (χ0n) is 18.8. The van der Waals surface area contributed by atoms with Gasteiger partial charge in [0, 0.05) is 18.7 Å². The Morgan fingerprint density at radius 1 is 0.857 bits per heavy atom. The average Bonchev–Trinajstić information content (AvgIpc) is 2.79. The van der Waals surface area contributed by atoms with E-state index in [4.69, 9.17) is 0 Å². The Balaban J connectivity index is 1.85. The summed E-state index contributed by atoms with van der Waals surface area (Å²) in [5.41, 5.74) is -0.568. The van der Waals surface area contributed by atoms with Gasteiger partial charge in [0.25, 0.3) is 0 Å². The van der Waals surface area contributed by atoms with E-state index >= 15 is 0 Å². The molecule has 0 spiro atoms.